The Balaban J connectivity index is 1.38. The van der Waals surface area contributed by atoms with Crippen molar-refractivity contribution in [1.29, 1.82) is 0 Å². The Labute approximate surface area is 135 Å². The molecular formula is C16H25N3O2S. The van der Waals surface area contributed by atoms with Crippen LogP contribution in [0.2, 0.25) is 0 Å². The number of aryl methyl sites for hydroxylation is 2. The molecular weight excluding hydrogens is 298 g/mol. The molecule has 1 fully saturated rings. The molecule has 3 heterocycles. The molecule has 3 rings (SSSR count). The number of fused-ring (bicyclic) bond motifs is 1. The van der Waals surface area contributed by atoms with E-state index in [2.05, 4.69) is 34.7 Å². The molecule has 1 aliphatic heterocycles. The maximum atomic E-state index is 5.74. The molecule has 1 saturated heterocycles. The number of nitrogens with zero attached hydrogens (tertiary/aromatic N) is 2. The summed E-state index contributed by atoms with van der Waals surface area (Å²) in [6.07, 6.45) is 6.63. The van der Waals surface area contributed by atoms with Crippen LogP contribution >= 0.6 is 11.3 Å². The van der Waals surface area contributed by atoms with E-state index in [1.807, 2.05) is 0 Å². The maximum absolute atomic E-state index is 5.74. The normalized spacial score (nSPS) is 19.1. The third kappa shape index (κ3) is 3.87. The van der Waals surface area contributed by atoms with E-state index in [-0.39, 0.29) is 6.29 Å². The minimum atomic E-state index is 0.0271. The molecule has 2 aromatic rings. The largest absolute Gasteiger partial charge is 0.353 e. The first-order valence-corrected chi connectivity index (χ1v) is 8.93. The third-order valence-corrected chi connectivity index (χ3v) is 4.87. The zero-order valence-corrected chi connectivity index (χ0v) is 14.2. The van der Waals surface area contributed by atoms with Gasteiger partial charge in [0.05, 0.1) is 18.0 Å². The first-order chi connectivity index (χ1) is 10.7. The van der Waals surface area contributed by atoms with Crippen molar-refractivity contribution in [1.82, 2.24) is 14.7 Å². The summed E-state index contributed by atoms with van der Waals surface area (Å²) in [4.78, 5) is 6.99. The van der Waals surface area contributed by atoms with Crippen LogP contribution in [0.4, 0.5) is 0 Å². The lowest BCUT2D eigenvalue weighted by Gasteiger charge is -2.22. The van der Waals surface area contributed by atoms with E-state index in [4.69, 9.17) is 9.47 Å². The second kappa shape index (κ2) is 7.55. The maximum Gasteiger partial charge on any atom is 0.194 e. The SMILES string of the molecule is Cc1cn2c(CNCCCOC3CCCCO3)c(C)nc2s1. The van der Waals surface area contributed by atoms with E-state index in [1.165, 1.54) is 23.4 Å². The van der Waals surface area contributed by atoms with Crippen molar-refractivity contribution in [3.63, 3.8) is 0 Å². The molecule has 1 aliphatic rings. The van der Waals surface area contributed by atoms with Gasteiger partial charge in [0.25, 0.3) is 0 Å². The van der Waals surface area contributed by atoms with E-state index in [0.717, 1.165) is 49.8 Å². The second-order valence-corrected chi connectivity index (χ2v) is 7.05. The fraction of sp³-hybridized carbons (Fsp3) is 0.688. The van der Waals surface area contributed by atoms with Crippen LogP contribution in [0.5, 0.6) is 0 Å². The Hall–Kier alpha value is -0.950. The highest BCUT2D eigenvalue weighted by Gasteiger charge is 2.13. The minimum Gasteiger partial charge on any atom is -0.353 e. The summed E-state index contributed by atoms with van der Waals surface area (Å²) in [5, 5.41) is 3.49. The van der Waals surface area contributed by atoms with Crippen molar-refractivity contribution in [2.24, 2.45) is 0 Å². The smallest absolute Gasteiger partial charge is 0.194 e. The fourth-order valence-corrected chi connectivity index (χ4v) is 3.67. The molecule has 0 saturated carbocycles. The van der Waals surface area contributed by atoms with Crippen molar-refractivity contribution in [3.8, 4) is 0 Å². The molecule has 0 amide bonds. The number of thiazole rings is 1. The molecule has 6 heteroatoms. The number of ether oxygens (including phenoxy) is 2. The molecule has 1 atom stereocenters. The molecule has 0 bridgehead atoms. The molecule has 22 heavy (non-hydrogen) atoms. The van der Waals surface area contributed by atoms with Crippen LogP contribution in [0.25, 0.3) is 4.96 Å². The second-order valence-electron chi connectivity index (χ2n) is 5.84. The minimum absolute atomic E-state index is 0.0271. The first-order valence-electron chi connectivity index (χ1n) is 8.12. The van der Waals surface area contributed by atoms with Crippen LogP contribution in [0.1, 0.15) is 41.9 Å². The standard InChI is InChI=1S/C16H25N3O2S/c1-12-11-19-14(13(2)18-16(19)22-12)10-17-7-5-9-21-15-6-3-4-8-20-15/h11,15,17H,3-10H2,1-2H3. The van der Waals surface area contributed by atoms with Crippen LogP contribution in [0.15, 0.2) is 6.20 Å². The van der Waals surface area contributed by atoms with Gasteiger partial charge in [0.2, 0.25) is 0 Å². The predicted molar refractivity (Wildman–Crippen MR) is 88.4 cm³/mol. The molecule has 5 nitrogen and oxygen atoms in total. The summed E-state index contributed by atoms with van der Waals surface area (Å²) in [6.45, 7) is 7.60. The van der Waals surface area contributed by atoms with Crippen molar-refractivity contribution < 1.29 is 9.47 Å². The highest BCUT2D eigenvalue weighted by Crippen LogP contribution is 2.20. The summed E-state index contributed by atoms with van der Waals surface area (Å²) < 4.78 is 13.5. The molecule has 0 radical (unpaired) electrons. The molecule has 122 valence electrons. The van der Waals surface area contributed by atoms with Gasteiger partial charge in [-0.2, -0.15) is 0 Å². The van der Waals surface area contributed by atoms with E-state index >= 15 is 0 Å². The average molecular weight is 323 g/mol. The van der Waals surface area contributed by atoms with E-state index < -0.39 is 0 Å². The summed E-state index contributed by atoms with van der Waals surface area (Å²) in [7, 11) is 0. The lowest BCUT2D eigenvalue weighted by Crippen LogP contribution is -2.24. The van der Waals surface area contributed by atoms with E-state index in [9.17, 15) is 0 Å². The van der Waals surface area contributed by atoms with E-state index in [1.54, 1.807) is 11.3 Å². The Morgan fingerprint density at radius 2 is 2.36 bits per heavy atom. The number of imidazole rings is 1. The Bertz CT molecular complexity index is 602. The van der Waals surface area contributed by atoms with Gasteiger partial charge in [0, 0.05) is 24.2 Å². The van der Waals surface area contributed by atoms with Crippen LogP contribution in [-0.4, -0.2) is 35.4 Å². The molecule has 0 aliphatic carbocycles. The number of aromatic nitrogens is 2. The molecule has 1 N–H and O–H groups in total. The zero-order chi connectivity index (χ0) is 15.4. The summed E-state index contributed by atoms with van der Waals surface area (Å²) in [5.74, 6) is 0. The molecule has 2 aromatic heterocycles. The topological polar surface area (TPSA) is 47.8 Å². The number of rotatable bonds is 7. The summed E-state index contributed by atoms with van der Waals surface area (Å²) >= 11 is 1.74. The van der Waals surface area contributed by atoms with Crippen molar-refractivity contribution >= 4 is 16.3 Å². The zero-order valence-electron chi connectivity index (χ0n) is 13.4. The van der Waals surface area contributed by atoms with Gasteiger partial charge in [-0.05, 0) is 46.1 Å². The van der Waals surface area contributed by atoms with Gasteiger partial charge in [-0.25, -0.2) is 4.98 Å². The van der Waals surface area contributed by atoms with Crippen molar-refractivity contribution in [2.45, 2.75) is 52.4 Å². The van der Waals surface area contributed by atoms with Crippen LogP contribution in [0, 0.1) is 13.8 Å². The lowest BCUT2D eigenvalue weighted by atomic mass is 10.2. The monoisotopic (exact) mass is 323 g/mol. The highest BCUT2D eigenvalue weighted by atomic mass is 32.1. The van der Waals surface area contributed by atoms with Crippen LogP contribution in [0.3, 0.4) is 0 Å². The number of hydrogen-bond donors (Lipinski definition) is 1. The van der Waals surface area contributed by atoms with Crippen molar-refractivity contribution in [2.75, 3.05) is 19.8 Å². The quantitative estimate of drug-likeness (QED) is 0.796. The van der Waals surface area contributed by atoms with E-state index in [0.29, 0.717) is 0 Å². The van der Waals surface area contributed by atoms with Gasteiger partial charge in [0.1, 0.15) is 0 Å². The van der Waals surface area contributed by atoms with Crippen LogP contribution in [-0.2, 0) is 16.0 Å². The van der Waals surface area contributed by atoms with Gasteiger partial charge >= 0.3 is 0 Å². The van der Waals surface area contributed by atoms with Gasteiger partial charge in [-0.1, -0.05) is 0 Å². The van der Waals surface area contributed by atoms with Gasteiger partial charge < -0.3 is 14.8 Å². The lowest BCUT2D eigenvalue weighted by molar-refractivity contribution is -0.162. The summed E-state index contributed by atoms with van der Waals surface area (Å²) in [6, 6.07) is 0. The first kappa shape index (κ1) is 15.9. The number of hydrogen-bond acceptors (Lipinski definition) is 5. The predicted octanol–water partition coefficient (Wildman–Crippen LogP) is 3.04. The average Bonchev–Trinajstić information content (AvgIpc) is 3.00. The van der Waals surface area contributed by atoms with Gasteiger partial charge in [0.15, 0.2) is 11.3 Å². The van der Waals surface area contributed by atoms with Gasteiger partial charge in [-0.3, -0.25) is 4.40 Å². The molecule has 0 aromatic carbocycles. The molecule has 0 spiro atoms. The highest BCUT2D eigenvalue weighted by molar-refractivity contribution is 7.17. The fourth-order valence-electron chi connectivity index (χ4n) is 2.78. The Morgan fingerprint density at radius 3 is 3.18 bits per heavy atom. The summed E-state index contributed by atoms with van der Waals surface area (Å²) in [5.41, 5.74) is 2.38. The van der Waals surface area contributed by atoms with Crippen molar-refractivity contribution in [3.05, 3.63) is 22.5 Å². The Morgan fingerprint density at radius 1 is 1.45 bits per heavy atom. The third-order valence-electron chi connectivity index (χ3n) is 3.97. The number of nitrogens with one attached hydrogen (secondary N) is 1. The van der Waals surface area contributed by atoms with Gasteiger partial charge in [-0.15, -0.1) is 11.3 Å². The molecule has 1 unspecified atom stereocenters. The van der Waals surface area contributed by atoms with Crippen LogP contribution < -0.4 is 5.32 Å². The Kier molecular flexibility index (Phi) is 5.46.